The Hall–Kier alpha value is -0.370. The third kappa shape index (κ3) is 1.81. The van der Waals surface area contributed by atoms with Gasteiger partial charge in [-0.3, -0.25) is 4.99 Å². The highest BCUT2D eigenvalue weighted by Gasteiger charge is 2.14. The SMILES string of the molecule is CC(C)C1=NCC(O)CC1. The largest absolute Gasteiger partial charge is 0.391 e. The normalized spacial score (nSPS) is 26.8. The number of hydrogen-bond donors (Lipinski definition) is 1. The highest BCUT2D eigenvalue weighted by molar-refractivity contribution is 5.86. The zero-order valence-corrected chi connectivity index (χ0v) is 6.67. The predicted octanol–water partition coefficient (Wildman–Crippen LogP) is 1.24. The van der Waals surface area contributed by atoms with Crippen molar-refractivity contribution < 1.29 is 5.11 Å². The summed E-state index contributed by atoms with van der Waals surface area (Å²) in [5.41, 5.74) is 1.27. The summed E-state index contributed by atoms with van der Waals surface area (Å²) in [6, 6.07) is 0. The van der Waals surface area contributed by atoms with E-state index in [1.807, 2.05) is 0 Å². The van der Waals surface area contributed by atoms with E-state index in [0.717, 1.165) is 12.8 Å². The predicted molar refractivity (Wildman–Crippen MR) is 42.4 cm³/mol. The lowest BCUT2D eigenvalue weighted by Crippen LogP contribution is -2.22. The maximum absolute atomic E-state index is 9.10. The van der Waals surface area contributed by atoms with Gasteiger partial charge in [-0.05, 0) is 18.8 Å². The summed E-state index contributed by atoms with van der Waals surface area (Å²) in [6.07, 6.45) is 1.71. The molecule has 0 aromatic rings. The van der Waals surface area contributed by atoms with Crippen LogP contribution in [0.1, 0.15) is 26.7 Å². The van der Waals surface area contributed by atoms with Gasteiger partial charge in [0.25, 0.3) is 0 Å². The fourth-order valence-corrected chi connectivity index (χ4v) is 1.18. The summed E-state index contributed by atoms with van der Waals surface area (Å²) in [5.74, 6) is 0.562. The second-order valence-electron chi connectivity index (χ2n) is 3.18. The molecule has 0 fully saturated rings. The molecule has 1 aliphatic heterocycles. The van der Waals surface area contributed by atoms with Crippen LogP contribution < -0.4 is 0 Å². The summed E-state index contributed by atoms with van der Waals surface area (Å²) >= 11 is 0. The minimum Gasteiger partial charge on any atom is -0.391 e. The Bertz CT molecular complexity index is 140. The van der Waals surface area contributed by atoms with Gasteiger partial charge < -0.3 is 5.11 Å². The summed E-state index contributed by atoms with van der Waals surface area (Å²) in [6.45, 7) is 4.92. The first-order chi connectivity index (χ1) is 4.70. The van der Waals surface area contributed by atoms with Crippen LogP contribution in [0.2, 0.25) is 0 Å². The molecular weight excluding hydrogens is 126 g/mol. The number of aliphatic imine (C=N–C) groups is 1. The van der Waals surface area contributed by atoms with Crippen molar-refractivity contribution >= 4 is 5.71 Å². The van der Waals surface area contributed by atoms with Gasteiger partial charge in [-0.2, -0.15) is 0 Å². The van der Waals surface area contributed by atoms with E-state index in [0.29, 0.717) is 12.5 Å². The maximum atomic E-state index is 9.10. The van der Waals surface area contributed by atoms with Crippen molar-refractivity contribution in [3.05, 3.63) is 0 Å². The van der Waals surface area contributed by atoms with E-state index in [4.69, 9.17) is 5.11 Å². The number of aliphatic hydroxyl groups is 1. The highest BCUT2D eigenvalue weighted by Crippen LogP contribution is 2.12. The average molecular weight is 141 g/mol. The lowest BCUT2D eigenvalue weighted by Gasteiger charge is -2.18. The van der Waals surface area contributed by atoms with Crippen LogP contribution in [-0.4, -0.2) is 23.5 Å². The van der Waals surface area contributed by atoms with Gasteiger partial charge in [0, 0.05) is 5.71 Å². The molecule has 1 rings (SSSR count). The number of nitrogens with zero attached hydrogens (tertiary/aromatic N) is 1. The number of rotatable bonds is 1. The first kappa shape index (κ1) is 7.73. The van der Waals surface area contributed by atoms with E-state index in [1.165, 1.54) is 5.71 Å². The van der Waals surface area contributed by atoms with Crippen molar-refractivity contribution in [1.82, 2.24) is 0 Å². The third-order valence-corrected chi connectivity index (χ3v) is 1.91. The van der Waals surface area contributed by atoms with Crippen LogP contribution in [0.5, 0.6) is 0 Å². The second kappa shape index (κ2) is 3.15. The van der Waals surface area contributed by atoms with E-state index in [2.05, 4.69) is 18.8 Å². The van der Waals surface area contributed by atoms with Gasteiger partial charge in [0.2, 0.25) is 0 Å². The first-order valence-electron chi connectivity index (χ1n) is 3.91. The molecule has 0 saturated heterocycles. The molecule has 0 aromatic carbocycles. The zero-order chi connectivity index (χ0) is 7.56. The van der Waals surface area contributed by atoms with Crippen LogP contribution in [0.25, 0.3) is 0 Å². The molecule has 0 radical (unpaired) electrons. The van der Waals surface area contributed by atoms with Crippen molar-refractivity contribution in [3.8, 4) is 0 Å². The van der Waals surface area contributed by atoms with E-state index < -0.39 is 0 Å². The van der Waals surface area contributed by atoms with Gasteiger partial charge in [-0.15, -0.1) is 0 Å². The molecule has 1 atom stereocenters. The van der Waals surface area contributed by atoms with Gasteiger partial charge in [-0.1, -0.05) is 13.8 Å². The van der Waals surface area contributed by atoms with Gasteiger partial charge in [0.1, 0.15) is 0 Å². The Balaban J connectivity index is 2.48. The standard InChI is InChI=1S/C8H15NO/c1-6(2)8-4-3-7(10)5-9-8/h6-7,10H,3-5H2,1-2H3. The smallest absolute Gasteiger partial charge is 0.0738 e. The van der Waals surface area contributed by atoms with E-state index in [1.54, 1.807) is 0 Å². The minimum absolute atomic E-state index is 0.178. The van der Waals surface area contributed by atoms with Crippen molar-refractivity contribution in [2.24, 2.45) is 10.9 Å². The maximum Gasteiger partial charge on any atom is 0.0738 e. The quantitative estimate of drug-likeness (QED) is 0.585. The van der Waals surface area contributed by atoms with Crippen LogP contribution >= 0.6 is 0 Å². The number of aliphatic hydroxyl groups excluding tert-OH is 1. The van der Waals surface area contributed by atoms with Crippen LogP contribution in [0.4, 0.5) is 0 Å². The van der Waals surface area contributed by atoms with Crippen LogP contribution in [-0.2, 0) is 0 Å². The van der Waals surface area contributed by atoms with Gasteiger partial charge in [0.05, 0.1) is 12.6 Å². The Morgan fingerprint density at radius 1 is 1.60 bits per heavy atom. The fraction of sp³-hybridized carbons (Fsp3) is 0.875. The molecule has 1 heterocycles. The van der Waals surface area contributed by atoms with Crippen molar-refractivity contribution in [3.63, 3.8) is 0 Å². The van der Waals surface area contributed by atoms with Crippen LogP contribution in [0.15, 0.2) is 4.99 Å². The van der Waals surface area contributed by atoms with Crippen molar-refractivity contribution in [2.45, 2.75) is 32.8 Å². The minimum atomic E-state index is -0.178. The number of hydrogen-bond acceptors (Lipinski definition) is 2. The molecule has 1 aliphatic rings. The molecule has 1 N–H and O–H groups in total. The Labute approximate surface area is 62.0 Å². The molecule has 0 aromatic heterocycles. The fourth-order valence-electron chi connectivity index (χ4n) is 1.18. The second-order valence-corrected chi connectivity index (χ2v) is 3.18. The summed E-state index contributed by atoms with van der Waals surface area (Å²) in [5, 5.41) is 9.10. The molecule has 2 nitrogen and oxygen atoms in total. The van der Waals surface area contributed by atoms with Crippen molar-refractivity contribution in [2.75, 3.05) is 6.54 Å². The molecule has 2 heteroatoms. The molecule has 0 aliphatic carbocycles. The van der Waals surface area contributed by atoms with E-state index in [9.17, 15) is 0 Å². The molecule has 0 spiro atoms. The first-order valence-corrected chi connectivity index (χ1v) is 3.91. The molecule has 0 saturated carbocycles. The molecule has 0 bridgehead atoms. The topological polar surface area (TPSA) is 32.6 Å². The zero-order valence-electron chi connectivity index (χ0n) is 6.67. The van der Waals surface area contributed by atoms with Gasteiger partial charge >= 0.3 is 0 Å². The Morgan fingerprint density at radius 3 is 2.70 bits per heavy atom. The van der Waals surface area contributed by atoms with Crippen molar-refractivity contribution in [1.29, 1.82) is 0 Å². The van der Waals surface area contributed by atoms with Gasteiger partial charge in [-0.25, -0.2) is 0 Å². The molecule has 0 amide bonds. The molecule has 1 unspecified atom stereocenters. The summed E-state index contributed by atoms with van der Waals surface area (Å²) in [4.78, 5) is 4.28. The third-order valence-electron chi connectivity index (χ3n) is 1.91. The van der Waals surface area contributed by atoms with Crippen LogP contribution in [0, 0.1) is 5.92 Å². The lowest BCUT2D eigenvalue weighted by atomic mass is 9.98. The van der Waals surface area contributed by atoms with Gasteiger partial charge in [0.15, 0.2) is 0 Å². The summed E-state index contributed by atoms with van der Waals surface area (Å²) in [7, 11) is 0. The Kier molecular flexibility index (Phi) is 2.44. The highest BCUT2D eigenvalue weighted by atomic mass is 16.3. The van der Waals surface area contributed by atoms with E-state index in [-0.39, 0.29) is 6.10 Å². The van der Waals surface area contributed by atoms with E-state index >= 15 is 0 Å². The monoisotopic (exact) mass is 141 g/mol. The Morgan fingerprint density at radius 2 is 2.30 bits per heavy atom. The molecule has 58 valence electrons. The molecule has 10 heavy (non-hydrogen) atoms. The molecular formula is C8H15NO. The lowest BCUT2D eigenvalue weighted by molar-refractivity contribution is 0.170. The van der Waals surface area contributed by atoms with Crippen LogP contribution in [0.3, 0.4) is 0 Å². The average Bonchev–Trinajstić information content (AvgIpc) is 1.88. The summed E-state index contributed by atoms with van der Waals surface area (Å²) < 4.78 is 0.